The predicted molar refractivity (Wildman–Crippen MR) is 91.7 cm³/mol. The lowest BCUT2D eigenvalue weighted by atomic mass is 10.1. The first-order valence-electron chi connectivity index (χ1n) is 7.63. The molecule has 24 heavy (non-hydrogen) atoms. The van der Waals surface area contributed by atoms with Gasteiger partial charge in [0.15, 0.2) is 0 Å². The van der Waals surface area contributed by atoms with Crippen LogP contribution in [0.4, 0.5) is 5.69 Å². The minimum absolute atomic E-state index is 0.0407. The molecule has 5 nitrogen and oxygen atoms in total. The molecule has 1 atom stereocenters. The predicted octanol–water partition coefficient (Wildman–Crippen LogP) is 3.03. The number of phenols is 1. The summed E-state index contributed by atoms with van der Waals surface area (Å²) in [4.78, 5) is 26.1. The third-order valence-electron chi connectivity index (χ3n) is 3.99. The number of benzene rings is 2. The van der Waals surface area contributed by atoms with E-state index in [0.29, 0.717) is 23.8 Å². The van der Waals surface area contributed by atoms with Gasteiger partial charge in [0.1, 0.15) is 5.75 Å². The Balaban J connectivity index is 1.61. The molecule has 1 saturated heterocycles. The molecular weight excluding hydrogens is 328 g/mol. The van der Waals surface area contributed by atoms with Crippen LogP contribution in [0.25, 0.3) is 0 Å². The summed E-state index contributed by atoms with van der Waals surface area (Å²) in [5, 5.41) is 12.8. The van der Waals surface area contributed by atoms with E-state index < -0.39 is 5.92 Å². The van der Waals surface area contributed by atoms with Crippen molar-refractivity contribution >= 4 is 29.1 Å². The van der Waals surface area contributed by atoms with Crippen LogP contribution >= 0.6 is 11.6 Å². The molecule has 6 heteroatoms. The molecule has 1 fully saturated rings. The van der Waals surface area contributed by atoms with E-state index >= 15 is 0 Å². The number of anilines is 1. The number of aromatic hydroxyl groups is 1. The van der Waals surface area contributed by atoms with Crippen LogP contribution in [0.1, 0.15) is 12.0 Å². The van der Waals surface area contributed by atoms with Crippen molar-refractivity contribution in [3.8, 4) is 5.75 Å². The van der Waals surface area contributed by atoms with Crippen molar-refractivity contribution in [2.45, 2.75) is 13.0 Å². The Hall–Kier alpha value is -2.53. The van der Waals surface area contributed by atoms with E-state index in [4.69, 9.17) is 11.6 Å². The number of hydrogen-bond donors (Lipinski definition) is 2. The van der Waals surface area contributed by atoms with Gasteiger partial charge in [0.2, 0.25) is 11.8 Å². The van der Waals surface area contributed by atoms with Gasteiger partial charge in [0.25, 0.3) is 0 Å². The SMILES string of the molecule is O=C(Nc1cccc(O)c1)[C@H]1CC(=O)N(Cc2ccc(Cl)cc2)C1. The highest BCUT2D eigenvalue weighted by Crippen LogP contribution is 2.23. The third-order valence-corrected chi connectivity index (χ3v) is 4.24. The lowest BCUT2D eigenvalue weighted by Crippen LogP contribution is -2.28. The molecule has 0 bridgehead atoms. The Morgan fingerprint density at radius 2 is 2.00 bits per heavy atom. The quantitative estimate of drug-likeness (QED) is 0.895. The van der Waals surface area contributed by atoms with Crippen LogP contribution in [0.5, 0.6) is 5.75 Å². The molecule has 0 unspecified atom stereocenters. The van der Waals surface area contributed by atoms with Gasteiger partial charge in [0.05, 0.1) is 5.92 Å². The van der Waals surface area contributed by atoms with Crippen LogP contribution in [0, 0.1) is 5.92 Å². The van der Waals surface area contributed by atoms with Crippen molar-refractivity contribution < 1.29 is 14.7 Å². The van der Waals surface area contributed by atoms with Crippen molar-refractivity contribution in [2.24, 2.45) is 5.92 Å². The van der Waals surface area contributed by atoms with Crippen LogP contribution in [0.3, 0.4) is 0 Å². The lowest BCUT2D eigenvalue weighted by Gasteiger charge is -2.16. The van der Waals surface area contributed by atoms with Crippen LogP contribution in [-0.4, -0.2) is 28.4 Å². The van der Waals surface area contributed by atoms with Crippen LogP contribution in [-0.2, 0) is 16.1 Å². The second-order valence-corrected chi connectivity index (χ2v) is 6.28. The minimum atomic E-state index is -0.396. The molecule has 1 heterocycles. The second kappa shape index (κ2) is 6.93. The maximum Gasteiger partial charge on any atom is 0.229 e. The Morgan fingerprint density at radius 1 is 1.25 bits per heavy atom. The topological polar surface area (TPSA) is 69.6 Å². The molecule has 0 spiro atoms. The highest BCUT2D eigenvalue weighted by atomic mass is 35.5. The first kappa shape index (κ1) is 16.3. The average molecular weight is 345 g/mol. The molecule has 124 valence electrons. The average Bonchev–Trinajstić information content (AvgIpc) is 2.91. The molecule has 0 saturated carbocycles. The van der Waals surface area contributed by atoms with Crippen molar-refractivity contribution in [1.29, 1.82) is 0 Å². The summed E-state index contributed by atoms with van der Waals surface area (Å²) >= 11 is 5.86. The van der Waals surface area contributed by atoms with Gasteiger partial charge in [-0.2, -0.15) is 0 Å². The number of likely N-dealkylation sites (tertiary alicyclic amines) is 1. The Kier molecular flexibility index (Phi) is 4.71. The fraction of sp³-hybridized carbons (Fsp3) is 0.222. The van der Waals surface area contributed by atoms with Gasteiger partial charge in [-0.3, -0.25) is 9.59 Å². The van der Waals surface area contributed by atoms with Crippen LogP contribution < -0.4 is 5.32 Å². The second-order valence-electron chi connectivity index (χ2n) is 5.84. The summed E-state index contributed by atoms with van der Waals surface area (Å²) in [6.45, 7) is 0.845. The van der Waals surface area contributed by atoms with Gasteiger partial charge >= 0.3 is 0 Å². The minimum Gasteiger partial charge on any atom is -0.508 e. The van der Waals surface area contributed by atoms with E-state index in [1.165, 1.54) is 12.1 Å². The summed E-state index contributed by atoms with van der Waals surface area (Å²) in [5.41, 5.74) is 1.49. The summed E-state index contributed by atoms with van der Waals surface area (Å²) < 4.78 is 0. The van der Waals surface area contributed by atoms with Crippen molar-refractivity contribution in [2.75, 3.05) is 11.9 Å². The Bertz CT molecular complexity index is 761. The van der Waals surface area contributed by atoms with Crippen molar-refractivity contribution in [1.82, 2.24) is 4.90 Å². The number of phenolic OH excluding ortho intramolecular Hbond substituents is 1. The molecule has 3 rings (SSSR count). The monoisotopic (exact) mass is 344 g/mol. The first-order chi connectivity index (χ1) is 11.5. The van der Waals surface area contributed by atoms with E-state index in [2.05, 4.69) is 5.32 Å². The molecule has 0 radical (unpaired) electrons. The van der Waals surface area contributed by atoms with E-state index in [1.807, 2.05) is 12.1 Å². The number of nitrogens with one attached hydrogen (secondary N) is 1. The van der Waals surface area contributed by atoms with E-state index in [-0.39, 0.29) is 24.0 Å². The largest absolute Gasteiger partial charge is 0.508 e. The molecule has 2 amide bonds. The summed E-state index contributed by atoms with van der Waals surface area (Å²) in [5.74, 6) is -0.569. The van der Waals surface area contributed by atoms with Crippen LogP contribution in [0.2, 0.25) is 5.02 Å². The van der Waals surface area contributed by atoms with Crippen LogP contribution in [0.15, 0.2) is 48.5 Å². The fourth-order valence-electron chi connectivity index (χ4n) is 2.74. The molecule has 2 aromatic carbocycles. The Labute approximate surface area is 144 Å². The van der Waals surface area contributed by atoms with E-state index in [1.54, 1.807) is 29.2 Å². The van der Waals surface area contributed by atoms with Gasteiger partial charge in [-0.15, -0.1) is 0 Å². The number of carbonyl (C=O) groups excluding carboxylic acids is 2. The number of amides is 2. The highest BCUT2D eigenvalue weighted by molar-refractivity contribution is 6.30. The van der Waals surface area contributed by atoms with Gasteiger partial charge in [-0.25, -0.2) is 0 Å². The number of halogens is 1. The number of carbonyl (C=O) groups is 2. The highest BCUT2D eigenvalue weighted by Gasteiger charge is 2.34. The standard InChI is InChI=1S/C18H17ClN2O3/c19-14-6-4-12(5-7-14)10-21-11-13(8-17(21)23)18(24)20-15-2-1-3-16(22)9-15/h1-7,9,13,22H,8,10-11H2,(H,20,24)/t13-/m0/s1. The van der Waals surface area contributed by atoms with Crippen molar-refractivity contribution in [3.63, 3.8) is 0 Å². The molecular formula is C18H17ClN2O3. The van der Waals surface area contributed by atoms with Gasteiger partial charge in [-0.05, 0) is 29.8 Å². The molecule has 0 aromatic heterocycles. The number of nitrogens with zero attached hydrogens (tertiary/aromatic N) is 1. The first-order valence-corrected chi connectivity index (χ1v) is 8.01. The number of rotatable bonds is 4. The van der Waals surface area contributed by atoms with E-state index in [0.717, 1.165) is 5.56 Å². The smallest absolute Gasteiger partial charge is 0.229 e. The van der Waals surface area contributed by atoms with Crippen molar-refractivity contribution in [3.05, 3.63) is 59.1 Å². The summed E-state index contributed by atoms with van der Waals surface area (Å²) in [6.07, 6.45) is 0.193. The number of hydrogen-bond acceptors (Lipinski definition) is 3. The normalized spacial score (nSPS) is 17.1. The maximum atomic E-state index is 12.3. The van der Waals surface area contributed by atoms with E-state index in [9.17, 15) is 14.7 Å². The molecule has 2 aromatic rings. The Morgan fingerprint density at radius 3 is 2.71 bits per heavy atom. The van der Waals surface area contributed by atoms with Gasteiger partial charge in [0, 0.05) is 36.3 Å². The molecule has 1 aliphatic heterocycles. The molecule has 0 aliphatic carbocycles. The lowest BCUT2D eigenvalue weighted by molar-refractivity contribution is -0.128. The van der Waals surface area contributed by atoms with Gasteiger partial charge < -0.3 is 15.3 Å². The molecule has 2 N–H and O–H groups in total. The zero-order chi connectivity index (χ0) is 17.1. The summed E-state index contributed by atoms with van der Waals surface area (Å²) in [7, 11) is 0. The van der Waals surface area contributed by atoms with Gasteiger partial charge in [-0.1, -0.05) is 29.8 Å². The maximum absolute atomic E-state index is 12.3. The third kappa shape index (κ3) is 3.86. The zero-order valence-electron chi connectivity index (χ0n) is 12.9. The molecule has 1 aliphatic rings. The zero-order valence-corrected chi connectivity index (χ0v) is 13.7. The summed E-state index contributed by atoms with van der Waals surface area (Å²) in [6, 6.07) is 13.7. The fourth-order valence-corrected chi connectivity index (χ4v) is 2.86.